The van der Waals surface area contributed by atoms with Crippen molar-refractivity contribution in [1.29, 1.82) is 0 Å². The first kappa shape index (κ1) is 27.6. The number of amides is 1. The third-order valence-corrected chi connectivity index (χ3v) is 9.10. The molecule has 2 aliphatic heterocycles. The standard InChI is InChI=1S/C28H40N4O4S/c1-3-31(4-2)18-19-37(34,35)30-26(21-36-20-23-10-6-5-7-11-23)27(33)32-16-14-28(15-17-32)22-29-25-13-9-8-12-24(25)28/h5-13,26,29-30H,3-4,14-22H2,1-2H3/t26-/m1/s1. The van der Waals surface area contributed by atoms with Crippen molar-refractivity contribution in [2.24, 2.45) is 0 Å². The molecular weight excluding hydrogens is 488 g/mol. The predicted molar refractivity (Wildman–Crippen MR) is 147 cm³/mol. The molecule has 1 fully saturated rings. The van der Waals surface area contributed by atoms with Gasteiger partial charge in [0.05, 0.1) is 19.0 Å². The molecule has 2 aromatic carbocycles. The van der Waals surface area contributed by atoms with Crippen LogP contribution in [-0.2, 0) is 31.6 Å². The molecule has 0 unspecified atom stereocenters. The topological polar surface area (TPSA) is 91.0 Å². The van der Waals surface area contributed by atoms with E-state index in [-0.39, 0.29) is 23.7 Å². The van der Waals surface area contributed by atoms with Gasteiger partial charge in [-0.05, 0) is 43.1 Å². The molecule has 202 valence electrons. The minimum atomic E-state index is -3.67. The van der Waals surface area contributed by atoms with Crippen LogP contribution in [0.4, 0.5) is 5.69 Å². The number of para-hydroxylation sites is 1. The summed E-state index contributed by atoms with van der Waals surface area (Å²) in [6.45, 7) is 8.36. The summed E-state index contributed by atoms with van der Waals surface area (Å²) in [4.78, 5) is 17.5. The zero-order chi connectivity index (χ0) is 26.3. The number of nitrogens with one attached hydrogen (secondary N) is 2. The Kier molecular flexibility index (Phi) is 9.23. The van der Waals surface area contributed by atoms with Crippen LogP contribution in [0.3, 0.4) is 0 Å². The van der Waals surface area contributed by atoms with Crippen molar-refractivity contribution in [3.05, 3.63) is 65.7 Å². The summed E-state index contributed by atoms with van der Waals surface area (Å²) in [7, 11) is -3.67. The monoisotopic (exact) mass is 528 g/mol. The highest BCUT2D eigenvalue weighted by molar-refractivity contribution is 7.89. The van der Waals surface area contributed by atoms with Crippen LogP contribution in [-0.4, -0.2) is 81.8 Å². The first-order valence-corrected chi connectivity index (χ1v) is 15.0. The van der Waals surface area contributed by atoms with Gasteiger partial charge in [0.15, 0.2) is 0 Å². The Hall–Kier alpha value is -2.46. The number of rotatable bonds is 12. The van der Waals surface area contributed by atoms with E-state index in [1.54, 1.807) is 4.90 Å². The predicted octanol–water partition coefficient (Wildman–Crippen LogP) is 2.82. The number of ether oxygens (including phenoxy) is 1. The molecule has 2 N–H and O–H groups in total. The summed E-state index contributed by atoms with van der Waals surface area (Å²) < 4.78 is 34.5. The van der Waals surface area contributed by atoms with Gasteiger partial charge in [0.1, 0.15) is 6.04 Å². The average Bonchev–Trinajstić information content (AvgIpc) is 3.27. The maximum absolute atomic E-state index is 13.6. The highest BCUT2D eigenvalue weighted by atomic mass is 32.2. The lowest BCUT2D eigenvalue weighted by Crippen LogP contribution is -2.55. The molecule has 0 saturated carbocycles. The minimum Gasteiger partial charge on any atom is -0.384 e. The lowest BCUT2D eigenvalue weighted by atomic mass is 9.74. The normalized spacial score (nSPS) is 17.5. The number of hydrogen-bond donors (Lipinski definition) is 2. The van der Waals surface area contributed by atoms with E-state index in [9.17, 15) is 13.2 Å². The summed E-state index contributed by atoms with van der Waals surface area (Å²) in [5, 5.41) is 3.52. The SMILES string of the molecule is CCN(CC)CCS(=O)(=O)N[C@H](COCc1ccccc1)C(=O)N1CCC2(CC1)CNc1ccccc12. The largest absolute Gasteiger partial charge is 0.384 e. The number of hydrogen-bond acceptors (Lipinski definition) is 6. The van der Waals surface area contributed by atoms with Gasteiger partial charge in [-0.15, -0.1) is 0 Å². The molecule has 0 aromatic heterocycles. The van der Waals surface area contributed by atoms with Gasteiger partial charge in [-0.1, -0.05) is 62.4 Å². The van der Waals surface area contributed by atoms with Crippen molar-refractivity contribution in [3.8, 4) is 0 Å². The number of nitrogens with zero attached hydrogens (tertiary/aromatic N) is 2. The number of likely N-dealkylation sites (tertiary alicyclic amines) is 1. The number of sulfonamides is 1. The van der Waals surface area contributed by atoms with Crippen LogP contribution >= 0.6 is 0 Å². The molecule has 4 rings (SSSR count). The van der Waals surface area contributed by atoms with Crippen LogP contribution in [0.5, 0.6) is 0 Å². The molecular formula is C28H40N4O4S. The third kappa shape index (κ3) is 6.90. The lowest BCUT2D eigenvalue weighted by molar-refractivity contribution is -0.136. The van der Waals surface area contributed by atoms with Crippen LogP contribution in [0.15, 0.2) is 54.6 Å². The number of piperidine rings is 1. The second-order valence-electron chi connectivity index (χ2n) is 10.0. The fourth-order valence-electron chi connectivity index (χ4n) is 5.37. The minimum absolute atomic E-state index is 0.00966. The van der Waals surface area contributed by atoms with Crippen molar-refractivity contribution in [2.45, 2.75) is 44.8 Å². The van der Waals surface area contributed by atoms with E-state index < -0.39 is 16.1 Å². The van der Waals surface area contributed by atoms with Gasteiger partial charge in [0.2, 0.25) is 15.9 Å². The Bertz CT molecular complexity index is 1130. The quantitative estimate of drug-likeness (QED) is 0.440. The summed E-state index contributed by atoms with van der Waals surface area (Å²) >= 11 is 0. The van der Waals surface area contributed by atoms with E-state index >= 15 is 0 Å². The molecule has 1 saturated heterocycles. The van der Waals surface area contributed by atoms with E-state index in [2.05, 4.69) is 33.1 Å². The Morgan fingerprint density at radius 2 is 1.76 bits per heavy atom. The van der Waals surface area contributed by atoms with Gasteiger partial charge >= 0.3 is 0 Å². The summed E-state index contributed by atoms with van der Waals surface area (Å²) in [6.07, 6.45) is 1.68. The number of anilines is 1. The number of carbonyl (C=O) groups is 1. The number of fused-ring (bicyclic) bond motifs is 2. The highest BCUT2D eigenvalue weighted by Gasteiger charge is 2.43. The molecule has 2 aliphatic rings. The molecule has 0 bridgehead atoms. The molecule has 2 aromatic rings. The fourth-order valence-corrected chi connectivity index (χ4v) is 6.59. The van der Waals surface area contributed by atoms with Crippen LogP contribution in [0.1, 0.15) is 37.8 Å². The molecule has 8 nitrogen and oxygen atoms in total. The summed E-state index contributed by atoms with van der Waals surface area (Å²) in [6, 6.07) is 17.1. The van der Waals surface area contributed by atoms with E-state index in [0.717, 1.165) is 38.0 Å². The van der Waals surface area contributed by atoms with Crippen molar-refractivity contribution < 1.29 is 17.9 Å². The van der Waals surface area contributed by atoms with Crippen LogP contribution in [0, 0.1) is 0 Å². The first-order chi connectivity index (χ1) is 17.9. The zero-order valence-corrected chi connectivity index (χ0v) is 22.8. The number of benzene rings is 2. The maximum atomic E-state index is 13.6. The number of carbonyl (C=O) groups excluding carboxylic acids is 1. The molecule has 0 radical (unpaired) electrons. The maximum Gasteiger partial charge on any atom is 0.243 e. The highest BCUT2D eigenvalue weighted by Crippen LogP contribution is 2.43. The third-order valence-electron chi connectivity index (χ3n) is 7.73. The van der Waals surface area contributed by atoms with E-state index in [1.807, 2.05) is 50.2 Å². The Morgan fingerprint density at radius 1 is 1.08 bits per heavy atom. The van der Waals surface area contributed by atoms with Crippen molar-refractivity contribution >= 4 is 21.6 Å². The fraction of sp³-hybridized carbons (Fsp3) is 0.536. The van der Waals surface area contributed by atoms with Crippen LogP contribution in [0.2, 0.25) is 0 Å². The van der Waals surface area contributed by atoms with Gasteiger partial charge in [-0.2, -0.15) is 0 Å². The molecule has 37 heavy (non-hydrogen) atoms. The van der Waals surface area contributed by atoms with E-state index in [4.69, 9.17) is 4.74 Å². The molecule has 9 heteroatoms. The Morgan fingerprint density at radius 3 is 2.46 bits per heavy atom. The zero-order valence-electron chi connectivity index (χ0n) is 22.0. The van der Waals surface area contributed by atoms with Gasteiger partial charge in [-0.25, -0.2) is 13.1 Å². The molecule has 0 aliphatic carbocycles. The summed E-state index contributed by atoms with van der Waals surface area (Å²) in [5.41, 5.74) is 3.50. The second-order valence-corrected chi connectivity index (χ2v) is 11.9. The van der Waals surface area contributed by atoms with Gasteiger partial charge in [-0.3, -0.25) is 4.79 Å². The molecule has 1 atom stereocenters. The average molecular weight is 529 g/mol. The van der Waals surface area contributed by atoms with Gasteiger partial charge < -0.3 is 19.9 Å². The van der Waals surface area contributed by atoms with Crippen molar-refractivity contribution in [3.63, 3.8) is 0 Å². The van der Waals surface area contributed by atoms with Gasteiger partial charge in [0.25, 0.3) is 0 Å². The first-order valence-electron chi connectivity index (χ1n) is 13.3. The smallest absolute Gasteiger partial charge is 0.243 e. The van der Waals surface area contributed by atoms with Crippen LogP contribution in [0.25, 0.3) is 0 Å². The molecule has 1 amide bonds. The Labute approximate surface area is 221 Å². The van der Waals surface area contributed by atoms with E-state index in [0.29, 0.717) is 26.2 Å². The van der Waals surface area contributed by atoms with Gasteiger partial charge in [0, 0.05) is 37.3 Å². The van der Waals surface area contributed by atoms with Crippen molar-refractivity contribution in [1.82, 2.24) is 14.5 Å². The van der Waals surface area contributed by atoms with Crippen LogP contribution < -0.4 is 10.0 Å². The second kappa shape index (κ2) is 12.4. The molecule has 1 spiro atoms. The van der Waals surface area contributed by atoms with E-state index in [1.165, 1.54) is 11.3 Å². The summed E-state index contributed by atoms with van der Waals surface area (Å²) in [5.74, 6) is -0.267. The lowest BCUT2D eigenvalue weighted by Gasteiger charge is -2.40. The molecule has 2 heterocycles. The van der Waals surface area contributed by atoms with Crippen molar-refractivity contribution in [2.75, 3.05) is 56.9 Å². The Balaban J connectivity index is 1.41.